The Bertz CT molecular complexity index is 829. The smallest absolute Gasteiger partial charge is 0.206 e. The summed E-state index contributed by atoms with van der Waals surface area (Å²) in [6.07, 6.45) is 0. The van der Waals surface area contributed by atoms with Gasteiger partial charge in [-0.25, -0.2) is 18.2 Å². The van der Waals surface area contributed by atoms with Gasteiger partial charge in [-0.3, -0.25) is 4.57 Å². The zero-order chi connectivity index (χ0) is 14.4. The molecule has 0 spiro atoms. The van der Waals surface area contributed by atoms with Gasteiger partial charge in [-0.1, -0.05) is 6.07 Å². The number of hydrogen-bond acceptors (Lipinski definition) is 2. The van der Waals surface area contributed by atoms with Crippen LogP contribution >= 0.6 is 15.9 Å². The van der Waals surface area contributed by atoms with Gasteiger partial charge in [0.15, 0.2) is 5.82 Å². The predicted octanol–water partition coefficient (Wildman–Crippen LogP) is 3.79. The standard InChI is InChI=1S/C13H7BrF3N3/c14-6-4-11(9(17)5-8(6)16)20-10-3-1-2-7(15)12(10)19-13(20)18/h1-5H,(H2,18,19). The number of hydrogen-bond donors (Lipinski definition) is 1. The highest BCUT2D eigenvalue weighted by Crippen LogP contribution is 2.29. The van der Waals surface area contributed by atoms with E-state index in [1.807, 2.05) is 0 Å². The van der Waals surface area contributed by atoms with E-state index >= 15 is 0 Å². The van der Waals surface area contributed by atoms with E-state index in [2.05, 4.69) is 20.9 Å². The molecule has 0 aliphatic carbocycles. The second-order valence-corrected chi connectivity index (χ2v) is 4.99. The average molecular weight is 342 g/mol. The second-order valence-electron chi connectivity index (χ2n) is 4.13. The third kappa shape index (κ3) is 1.85. The molecule has 0 aliphatic heterocycles. The minimum absolute atomic E-state index is 0.0103. The first-order valence-corrected chi connectivity index (χ1v) is 6.35. The Morgan fingerprint density at radius 2 is 1.80 bits per heavy atom. The number of benzene rings is 2. The first-order chi connectivity index (χ1) is 9.49. The van der Waals surface area contributed by atoms with E-state index < -0.39 is 17.5 Å². The number of nitrogen functional groups attached to an aromatic ring is 1. The van der Waals surface area contributed by atoms with Gasteiger partial charge in [-0.15, -0.1) is 0 Å². The van der Waals surface area contributed by atoms with E-state index in [-0.39, 0.29) is 21.6 Å². The summed E-state index contributed by atoms with van der Waals surface area (Å²) >= 11 is 2.98. The molecule has 0 unspecified atom stereocenters. The molecule has 3 nitrogen and oxygen atoms in total. The Balaban J connectivity index is 2.38. The van der Waals surface area contributed by atoms with Crippen molar-refractivity contribution >= 4 is 32.9 Å². The fourth-order valence-corrected chi connectivity index (χ4v) is 2.35. The highest BCUT2D eigenvalue weighted by atomic mass is 79.9. The summed E-state index contributed by atoms with van der Waals surface area (Å²) in [5, 5.41) is 0. The predicted molar refractivity (Wildman–Crippen MR) is 73.1 cm³/mol. The normalized spacial score (nSPS) is 11.2. The number of anilines is 1. The second kappa shape index (κ2) is 4.52. The van der Waals surface area contributed by atoms with Gasteiger partial charge in [-0.2, -0.15) is 0 Å². The molecule has 0 fully saturated rings. The Kier molecular flexibility index (Phi) is 2.93. The molecular formula is C13H7BrF3N3. The summed E-state index contributed by atoms with van der Waals surface area (Å²) in [5.41, 5.74) is 6.05. The van der Waals surface area contributed by atoms with Crippen LogP contribution in [0.15, 0.2) is 34.8 Å². The van der Waals surface area contributed by atoms with Gasteiger partial charge in [-0.05, 0) is 34.1 Å². The SMILES string of the molecule is Nc1nc2c(F)cccc2n1-c1cc(Br)c(F)cc1F. The van der Waals surface area contributed by atoms with Crippen LogP contribution in [0.1, 0.15) is 0 Å². The van der Waals surface area contributed by atoms with Gasteiger partial charge < -0.3 is 5.73 Å². The van der Waals surface area contributed by atoms with Crippen LogP contribution in [0.2, 0.25) is 0 Å². The van der Waals surface area contributed by atoms with E-state index in [0.29, 0.717) is 5.52 Å². The van der Waals surface area contributed by atoms with Crippen molar-refractivity contribution < 1.29 is 13.2 Å². The molecule has 1 heterocycles. The third-order valence-electron chi connectivity index (χ3n) is 2.89. The molecule has 0 saturated carbocycles. The monoisotopic (exact) mass is 341 g/mol. The average Bonchev–Trinajstić information content (AvgIpc) is 2.72. The maximum Gasteiger partial charge on any atom is 0.206 e. The van der Waals surface area contributed by atoms with Crippen molar-refractivity contribution in [3.05, 3.63) is 52.3 Å². The summed E-state index contributed by atoms with van der Waals surface area (Å²) in [7, 11) is 0. The molecule has 0 radical (unpaired) electrons. The van der Waals surface area contributed by atoms with Crippen molar-refractivity contribution in [2.45, 2.75) is 0 Å². The minimum atomic E-state index is -0.819. The molecule has 0 bridgehead atoms. The van der Waals surface area contributed by atoms with Gasteiger partial charge in [0, 0.05) is 6.07 Å². The highest BCUT2D eigenvalue weighted by molar-refractivity contribution is 9.10. The van der Waals surface area contributed by atoms with Crippen LogP contribution in [0.25, 0.3) is 16.7 Å². The third-order valence-corrected chi connectivity index (χ3v) is 3.50. The lowest BCUT2D eigenvalue weighted by Crippen LogP contribution is -2.03. The zero-order valence-electron chi connectivity index (χ0n) is 9.87. The van der Waals surface area contributed by atoms with E-state index in [0.717, 1.165) is 6.07 Å². The summed E-state index contributed by atoms with van der Waals surface area (Å²) in [6, 6.07) is 6.21. The molecule has 0 saturated heterocycles. The van der Waals surface area contributed by atoms with Crippen LogP contribution in [0.3, 0.4) is 0 Å². The molecule has 0 amide bonds. The maximum absolute atomic E-state index is 13.9. The number of aromatic nitrogens is 2. The van der Waals surface area contributed by atoms with E-state index in [1.165, 1.54) is 22.8 Å². The summed E-state index contributed by atoms with van der Waals surface area (Å²) in [4.78, 5) is 3.87. The highest BCUT2D eigenvalue weighted by Gasteiger charge is 2.17. The first kappa shape index (κ1) is 13.0. The van der Waals surface area contributed by atoms with Gasteiger partial charge in [0.1, 0.15) is 17.2 Å². The molecule has 7 heteroatoms. The minimum Gasteiger partial charge on any atom is -0.369 e. The molecule has 3 rings (SSSR count). The van der Waals surface area contributed by atoms with Gasteiger partial charge in [0.2, 0.25) is 5.95 Å². The summed E-state index contributed by atoms with van der Waals surface area (Å²) in [5.74, 6) is -2.20. The maximum atomic E-state index is 13.9. The van der Waals surface area contributed by atoms with Gasteiger partial charge in [0.25, 0.3) is 0 Å². The number of halogens is 4. The van der Waals surface area contributed by atoms with Crippen LogP contribution in [0.4, 0.5) is 19.1 Å². The zero-order valence-corrected chi connectivity index (χ0v) is 11.5. The molecule has 20 heavy (non-hydrogen) atoms. The quantitative estimate of drug-likeness (QED) is 0.684. The van der Waals surface area contributed by atoms with Crippen molar-refractivity contribution in [3.8, 4) is 5.69 Å². The Morgan fingerprint density at radius 1 is 1.05 bits per heavy atom. The van der Waals surface area contributed by atoms with Gasteiger partial charge in [0.05, 0.1) is 15.7 Å². The fourth-order valence-electron chi connectivity index (χ4n) is 2.02. The molecule has 2 N–H and O–H groups in total. The fraction of sp³-hybridized carbons (Fsp3) is 0. The van der Waals surface area contributed by atoms with Crippen molar-refractivity contribution in [3.63, 3.8) is 0 Å². The number of nitrogens with two attached hydrogens (primary N) is 1. The molecule has 102 valence electrons. The molecule has 0 atom stereocenters. The van der Waals surface area contributed by atoms with Crippen LogP contribution < -0.4 is 5.73 Å². The Hall–Kier alpha value is -2.02. The van der Waals surface area contributed by atoms with E-state index in [4.69, 9.17) is 5.73 Å². The number of imidazole rings is 1. The topological polar surface area (TPSA) is 43.8 Å². The van der Waals surface area contributed by atoms with Crippen molar-refractivity contribution in [2.24, 2.45) is 0 Å². The number of nitrogens with zero attached hydrogens (tertiary/aromatic N) is 2. The van der Waals surface area contributed by atoms with Crippen LogP contribution in [-0.4, -0.2) is 9.55 Å². The largest absolute Gasteiger partial charge is 0.369 e. The number of para-hydroxylation sites is 1. The molecule has 1 aromatic heterocycles. The molecule has 2 aromatic carbocycles. The molecule has 3 aromatic rings. The Morgan fingerprint density at radius 3 is 2.55 bits per heavy atom. The van der Waals surface area contributed by atoms with Crippen molar-refractivity contribution in [1.29, 1.82) is 0 Å². The lowest BCUT2D eigenvalue weighted by atomic mass is 10.2. The van der Waals surface area contributed by atoms with Crippen LogP contribution in [0.5, 0.6) is 0 Å². The lowest BCUT2D eigenvalue weighted by Gasteiger charge is -2.09. The summed E-state index contributed by atoms with van der Waals surface area (Å²) < 4.78 is 42.2. The van der Waals surface area contributed by atoms with Crippen LogP contribution in [0, 0.1) is 17.5 Å². The summed E-state index contributed by atoms with van der Waals surface area (Å²) in [6.45, 7) is 0. The van der Waals surface area contributed by atoms with E-state index in [1.54, 1.807) is 6.07 Å². The lowest BCUT2D eigenvalue weighted by molar-refractivity contribution is 0.574. The number of rotatable bonds is 1. The van der Waals surface area contributed by atoms with Gasteiger partial charge >= 0.3 is 0 Å². The molecule has 0 aliphatic rings. The Labute approximate surface area is 120 Å². The van der Waals surface area contributed by atoms with Crippen molar-refractivity contribution in [2.75, 3.05) is 5.73 Å². The number of fused-ring (bicyclic) bond motifs is 1. The van der Waals surface area contributed by atoms with Crippen molar-refractivity contribution in [1.82, 2.24) is 9.55 Å². The van der Waals surface area contributed by atoms with Crippen LogP contribution in [-0.2, 0) is 0 Å². The molecular weight excluding hydrogens is 335 g/mol. The first-order valence-electron chi connectivity index (χ1n) is 5.56. The van der Waals surface area contributed by atoms with E-state index in [9.17, 15) is 13.2 Å².